The van der Waals surface area contributed by atoms with Crippen LogP contribution in [0.5, 0.6) is 11.5 Å². The standard InChI is InChI=1S/C12H12O4/c1-7(13)10(8(2)14)5-9-3-4-11(15)12(16)6-9/h3-6,15-16H,1-2H3. The lowest BCUT2D eigenvalue weighted by molar-refractivity contribution is -0.119. The molecule has 0 fully saturated rings. The molecule has 0 saturated heterocycles. The van der Waals surface area contributed by atoms with E-state index in [2.05, 4.69) is 0 Å². The first-order chi connectivity index (χ1) is 7.41. The fraction of sp³-hybridized carbons (Fsp3) is 0.167. The molecule has 0 unspecified atom stereocenters. The van der Waals surface area contributed by atoms with Gasteiger partial charge in [0.1, 0.15) is 0 Å². The Morgan fingerprint density at radius 2 is 1.62 bits per heavy atom. The van der Waals surface area contributed by atoms with Gasteiger partial charge in [-0.15, -0.1) is 0 Å². The summed E-state index contributed by atoms with van der Waals surface area (Å²) in [7, 11) is 0. The number of benzene rings is 1. The average molecular weight is 220 g/mol. The summed E-state index contributed by atoms with van der Waals surface area (Å²) in [6.45, 7) is 2.60. The Bertz CT molecular complexity index is 456. The summed E-state index contributed by atoms with van der Waals surface area (Å²) in [6, 6.07) is 4.07. The molecule has 0 bridgehead atoms. The van der Waals surface area contributed by atoms with Gasteiger partial charge in [-0.3, -0.25) is 9.59 Å². The van der Waals surface area contributed by atoms with Gasteiger partial charge in [0.2, 0.25) is 0 Å². The topological polar surface area (TPSA) is 74.6 Å². The van der Waals surface area contributed by atoms with Gasteiger partial charge < -0.3 is 10.2 Å². The predicted molar refractivity (Wildman–Crippen MR) is 59.1 cm³/mol. The lowest BCUT2D eigenvalue weighted by Gasteiger charge is -2.01. The van der Waals surface area contributed by atoms with E-state index in [0.29, 0.717) is 5.56 Å². The molecule has 0 heterocycles. The van der Waals surface area contributed by atoms with Crippen molar-refractivity contribution in [2.45, 2.75) is 13.8 Å². The number of hydrogen-bond acceptors (Lipinski definition) is 4. The molecule has 16 heavy (non-hydrogen) atoms. The molecule has 1 rings (SSSR count). The van der Waals surface area contributed by atoms with Crippen LogP contribution in [0.15, 0.2) is 23.8 Å². The number of hydrogen-bond donors (Lipinski definition) is 2. The first kappa shape index (κ1) is 12.0. The monoisotopic (exact) mass is 220 g/mol. The number of Topliss-reactive ketones (excluding diaryl/α,β-unsaturated/α-hetero) is 2. The lowest BCUT2D eigenvalue weighted by atomic mass is 10.0. The molecule has 0 aliphatic carbocycles. The normalized spacial score (nSPS) is 9.62. The van der Waals surface area contributed by atoms with Crippen molar-refractivity contribution in [1.29, 1.82) is 0 Å². The number of carbonyl (C=O) groups excluding carboxylic acids is 2. The Hall–Kier alpha value is -2.10. The second-order valence-electron chi connectivity index (χ2n) is 3.42. The van der Waals surface area contributed by atoms with Crippen molar-refractivity contribution in [3.05, 3.63) is 29.3 Å². The fourth-order valence-electron chi connectivity index (χ4n) is 1.25. The smallest absolute Gasteiger partial charge is 0.163 e. The van der Waals surface area contributed by atoms with E-state index in [1.165, 1.54) is 38.1 Å². The number of aromatic hydroxyl groups is 2. The molecule has 0 radical (unpaired) electrons. The van der Waals surface area contributed by atoms with Crippen LogP contribution in [0.2, 0.25) is 0 Å². The third-order valence-corrected chi connectivity index (χ3v) is 2.07. The van der Waals surface area contributed by atoms with Crippen molar-refractivity contribution < 1.29 is 19.8 Å². The largest absolute Gasteiger partial charge is 0.504 e. The van der Waals surface area contributed by atoms with Gasteiger partial charge in [0.25, 0.3) is 0 Å². The molecule has 84 valence electrons. The summed E-state index contributed by atoms with van der Waals surface area (Å²) < 4.78 is 0. The molecule has 0 aliphatic heterocycles. The molecule has 1 aromatic carbocycles. The van der Waals surface area contributed by atoms with Gasteiger partial charge in [-0.1, -0.05) is 6.07 Å². The molecule has 1 aromatic rings. The molecule has 0 atom stereocenters. The van der Waals surface area contributed by atoms with E-state index in [-0.39, 0.29) is 28.6 Å². The van der Waals surface area contributed by atoms with Gasteiger partial charge in [-0.2, -0.15) is 0 Å². The molecule has 0 aromatic heterocycles. The first-order valence-corrected chi connectivity index (χ1v) is 4.67. The van der Waals surface area contributed by atoms with Crippen molar-refractivity contribution in [1.82, 2.24) is 0 Å². The van der Waals surface area contributed by atoms with Crippen molar-refractivity contribution >= 4 is 17.6 Å². The fourth-order valence-corrected chi connectivity index (χ4v) is 1.25. The van der Waals surface area contributed by atoms with Crippen molar-refractivity contribution in [2.75, 3.05) is 0 Å². The van der Waals surface area contributed by atoms with Crippen LogP contribution in [0, 0.1) is 0 Å². The quantitative estimate of drug-likeness (QED) is 0.351. The number of carbonyl (C=O) groups is 2. The van der Waals surface area contributed by atoms with E-state index < -0.39 is 0 Å². The van der Waals surface area contributed by atoms with Gasteiger partial charge in [-0.25, -0.2) is 0 Å². The van der Waals surface area contributed by atoms with E-state index in [4.69, 9.17) is 5.11 Å². The third kappa shape index (κ3) is 2.70. The number of allylic oxidation sites excluding steroid dienone is 1. The van der Waals surface area contributed by atoms with E-state index in [1.807, 2.05) is 0 Å². The highest BCUT2D eigenvalue weighted by atomic mass is 16.3. The summed E-state index contributed by atoms with van der Waals surface area (Å²) in [5.74, 6) is -1.20. The SMILES string of the molecule is CC(=O)C(=Cc1ccc(O)c(O)c1)C(C)=O. The van der Waals surface area contributed by atoms with Crippen LogP contribution in [-0.4, -0.2) is 21.8 Å². The van der Waals surface area contributed by atoms with E-state index >= 15 is 0 Å². The van der Waals surface area contributed by atoms with Gasteiger partial charge in [0, 0.05) is 0 Å². The summed E-state index contributed by atoms with van der Waals surface area (Å²) in [4.78, 5) is 22.3. The van der Waals surface area contributed by atoms with Crippen LogP contribution in [0.25, 0.3) is 6.08 Å². The average Bonchev–Trinajstić information content (AvgIpc) is 2.18. The van der Waals surface area contributed by atoms with E-state index in [1.54, 1.807) is 0 Å². The maximum absolute atomic E-state index is 11.1. The van der Waals surface area contributed by atoms with E-state index in [0.717, 1.165) is 0 Å². The Morgan fingerprint density at radius 3 is 2.06 bits per heavy atom. The minimum absolute atomic E-state index is 0.0603. The molecule has 4 heteroatoms. The zero-order valence-electron chi connectivity index (χ0n) is 9.02. The summed E-state index contributed by atoms with van der Waals surface area (Å²) in [5.41, 5.74) is 0.542. The molecule has 2 N–H and O–H groups in total. The van der Waals surface area contributed by atoms with Gasteiger partial charge in [-0.05, 0) is 37.6 Å². The van der Waals surface area contributed by atoms with Crippen molar-refractivity contribution in [2.24, 2.45) is 0 Å². The second kappa shape index (κ2) is 4.61. The third-order valence-electron chi connectivity index (χ3n) is 2.07. The Labute approximate surface area is 92.8 Å². The Kier molecular flexibility index (Phi) is 3.45. The number of phenols is 2. The minimum Gasteiger partial charge on any atom is -0.504 e. The van der Waals surface area contributed by atoms with Crippen LogP contribution < -0.4 is 0 Å². The van der Waals surface area contributed by atoms with Crippen molar-refractivity contribution in [3.63, 3.8) is 0 Å². The van der Waals surface area contributed by atoms with E-state index in [9.17, 15) is 14.7 Å². The highest BCUT2D eigenvalue weighted by Crippen LogP contribution is 2.26. The van der Waals surface area contributed by atoms with Crippen molar-refractivity contribution in [3.8, 4) is 11.5 Å². The van der Waals surface area contributed by atoms with Crippen LogP contribution in [-0.2, 0) is 9.59 Å². The molecule has 0 aliphatic rings. The van der Waals surface area contributed by atoms with Crippen LogP contribution in [0.3, 0.4) is 0 Å². The molecular formula is C12H12O4. The minimum atomic E-state index is -0.333. The number of phenolic OH excluding ortho intramolecular Hbond substituents is 2. The lowest BCUT2D eigenvalue weighted by Crippen LogP contribution is -2.05. The molecule has 0 spiro atoms. The highest BCUT2D eigenvalue weighted by molar-refractivity contribution is 6.21. The van der Waals surface area contributed by atoms with Gasteiger partial charge in [0.15, 0.2) is 23.1 Å². The Morgan fingerprint density at radius 1 is 1.06 bits per heavy atom. The zero-order chi connectivity index (χ0) is 12.3. The van der Waals surface area contributed by atoms with Gasteiger partial charge >= 0.3 is 0 Å². The molecule has 0 amide bonds. The van der Waals surface area contributed by atoms with Crippen LogP contribution >= 0.6 is 0 Å². The zero-order valence-corrected chi connectivity index (χ0v) is 9.02. The highest BCUT2D eigenvalue weighted by Gasteiger charge is 2.09. The second-order valence-corrected chi connectivity index (χ2v) is 3.42. The maximum atomic E-state index is 11.1. The number of rotatable bonds is 3. The number of ketones is 2. The molecule has 0 saturated carbocycles. The summed E-state index contributed by atoms with van der Waals surface area (Å²) in [6.07, 6.45) is 1.38. The molecular weight excluding hydrogens is 208 g/mol. The first-order valence-electron chi connectivity index (χ1n) is 4.67. The van der Waals surface area contributed by atoms with Gasteiger partial charge in [0.05, 0.1) is 5.57 Å². The molecule has 4 nitrogen and oxygen atoms in total. The van der Waals surface area contributed by atoms with Crippen LogP contribution in [0.1, 0.15) is 19.4 Å². The summed E-state index contributed by atoms with van der Waals surface area (Å²) >= 11 is 0. The predicted octanol–water partition coefficient (Wildman–Crippen LogP) is 1.66. The maximum Gasteiger partial charge on any atom is 0.163 e. The summed E-state index contributed by atoms with van der Waals surface area (Å²) in [5, 5.41) is 18.3. The van der Waals surface area contributed by atoms with Crippen LogP contribution in [0.4, 0.5) is 0 Å². The Balaban J connectivity index is 3.18.